The molecule has 2 unspecified atom stereocenters. The Bertz CT molecular complexity index is 315. The molecule has 0 aromatic rings. The molecule has 1 saturated heterocycles. The van der Waals surface area contributed by atoms with Gasteiger partial charge in [-0.3, -0.25) is 9.59 Å². The van der Waals surface area contributed by atoms with E-state index >= 15 is 0 Å². The highest BCUT2D eigenvalue weighted by molar-refractivity contribution is 5.95. The third kappa shape index (κ3) is 4.22. The predicted molar refractivity (Wildman–Crippen MR) is 76.7 cm³/mol. The minimum Gasteiger partial charge on any atom is -0.343 e. The molecular weight excluding hydrogens is 240 g/mol. The fourth-order valence-corrected chi connectivity index (χ4v) is 2.68. The minimum absolute atomic E-state index is 0.0177. The van der Waals surface area contributed by atoms with E-state index in [0.717, 1.165) is 32.1 Å². The second-order valence-corrected chi connectivity index (χ2v) is 5.84. The first-order valence-corrected chi connectivity index (χ1v) is 7.61. The summed E-state index contributed by atoms with van der Waals surface area (Å²) in [6, 6.07) is -0.119. The monoisotopic (exact) mass is 268 g/mol. The number of hydrogen-bond donors (Lipinski definition) is 1. The van der Waals surface area contributed by atoms with E-state index in [1.165, 1.54) is 0 Å². The maximum Gasteiger partial charge on any atom is 0.246 e. The van der Waals surface area contributed by atoms with Crippen molar-refractivity contribution in [1.29, 1.82) is 0 Å². The number of carbonyl (C=O) groups excluding carboxylic acids is 2. The van der Waals surface area contributed by atoms with Crippen LogP contribution in [0.15, 0.2) is 0 Å². The molecule has 1 N–H and O–H groups in total. The lowest BCUT2D eigenvalue weighted by Gasteiger charge is -2.39. The lowest BCUT2D eigenvalue weighted by Crippen LogP contribution is -2.62. The van der Waals surface area contributed by atoms with Crippen LogP contribution in [0.3, 0.4) is 0 Å². The van der Waals surface area contributed by atoms with Crippen LogP contribution < -0.4 is 5.32 Å². The van der Waals surface area contributed by atoms with Crippen molar-refractivity contribution in [2.45, 2.75) is 71.9 Å². The quantitative estimate of drug-likeness (QED) is 0.770. The third-order valence-electron chi connectivity index (χ3n) is 3.80. The van der Waals surface area contributed by atoms with Gasteiger partial charge in [0.2, 0.25) is 11.8 Å². The summed E-state index contributed by atoms with van der Waals surface area (Å²) in [5.41, 5.74) is 0. The zero-order chi connectivity index (χ0) is 14.4. The van der Waals surface area contributed by atoms with Gasteiger partial charge >= 0.3 is 0 Å². The molecule has 0 aromatic carbocycles. The Morgan fingerprint density at radius 1 is 1.21 bits per heavy atom. The third-order valence-corrected chi connectivity index (χ3v) is 3.80. The lowest BCUT2D eigenvalue weighted by molar-refractivity contribution is -0.148. The maximum atomic E-state index is 12.5. The first-order valence-electron chi connectivity index (χ1n) is 7.61. The molecule has 0 aromatic heterocycles. The molecule has 0 saturated carbocycles. The molecule has 0 aliphatic carbocycles. The molecule has 1 aliphatic rings. The molecule has 110 valence electrons. The molecule has 1 fully saturated rings. The Balaban J connectivity index is 2.80. The van der Waals surface area contributed by atoms with Crippen LogP contribution in [0.1, 0.15) is 59.8 Å². The van der Waals surface area contributed by atoms with Crippen LogP contribution in [0.5, 0.6) is 0 Å². The zero-order valence-corrected chi connectivity index (χ0v) is 12.7. The second-order valence-electron chi connectivity index (χ2n) is 5.84. The van der Waals surface area contributed by atoms with E-state index in [1.807, 2.05) is 18.7 Å². The number of piperazine rings is 1. The number of amides is 2. The lowest BCUT2D eigenvalue weighted by atomic mass is 9.96. The number of nitrogens with zero attached hydrogens (tertiary/aromatic N) is 1. The summed E-state index contributed by atoms with van der Waals surface area (Å²) in [5.74, 6) is 0.229. The molecule has 0 bridgehead atoms. The molecule has 2 atom stereocenters. The summed E-state index contributed by atoms with van der Waals surface area (Å²) in [6.07, 6.45) is 5.29. The SMILES string of the molecule is CCCCC(CCC)N1CC(=O)NC(C(C)C)C1=O. The summed E-state index contributed by atoms with van der Waals surface area (Å²) in [4.78, 5) is 26.1. The van der Waals surface area contributed by atoms with Crippen molar-refractivity contribution in [3.63, 3.8) is 0 Å². The fourth-order valence-electron chi connectivity index (χ4n) is 2.68. The predicted octanol–water partition coefficient (Wildman–Crippen LogP) is 2.33. The van der Waals surface area contributed by atoms with Crippen LogP contribution in [-0.2, 0) is 9.59 Å². The Hall–Kier alpha value is -1.06. The van der Waals surface area contributed by atoms with E-state index in [4.69, 9.17) is 0 Å². The smallest absolute Gasteiger partial charge is 0.246 e. The van der Waals surface area contributed by atoms with Gasteiger partial charge in [-0.25, -0.2) is 0 Å². The number of unbranched alkanes of at least 4 members (excludes halogenated alkanes) is 1. The highest BCUT2D eigenvalue weighted by atomic mass is 16.2. The average molecular weight is 268 g/mol. The van der Waals surface area contributed by atoms with Gasteiger partial charge in [0.05, 0.1) is 6.54 Å². The number of nitrogens with one attached hydrogen (secondary N) is 1. The molecular formula is C15H28N2O2. The highest BCUT2D eigenvalue weighted by Crippen LogP contribution is 2.20. The molecule has 19 heavy (non-hydrogen) atoms. The summed E-state index contributed by atoms with van der Waals surface area (Å²) in [5, 5.41) is 2.82. The van der Waals surface area contributed by atoms with E-state index in [-0.39, 0.29) is 36.4 Å². The van der Waals surface area contributed by atoms with Gasteiger partial charge in [0.15, 0.2) is 0 Å². The van der Waals surface area contributed by atoms with Crippen LogP contribution in [0.25, 0.3) is 0 Å². The summed E-state index contributed by atoms with van der Waals surface area (Å²) in [6.45, 7) is 8.48. The Morgan fingerprint density at radius 2 is 1.89 bits per heavy atom. The molecule has 0 spiro atoms. The molecule has 2 amide bonds. The standard InChI is InChI=1S/C15H28N2O2/c1-5-7-9-12(8-6-2)17-10-13(18)16-14(11(3)4)15(17)19/h11-12,14H,5-10H2,1-4H3,(H,16,18). The molecule has 1 heterocycles. The van der Waals surface area contributed by atoms with Crippen LogP contribution in [0.4, 0.5) is 0 Å². The van der Waals surface area contributed by atoms with E-state index in [2.05, 4.69) is 19.2 Å². The van der Waals surface area contributed by atoms with Crippen molar-refractivity contribution < 1.29 is 9.59 Å². The molecule has 1 rings (SSSR count). The first kappa shape index (κ1) is 16.0. The maximum absolute atomic E-state index is 12.5. The van der Waals surface area contributed by atoms with Gasteiger partial charge < -0.3 is 10.2 Å². The van der Waals surface area contributed by atoms with Crippen LogP contribution in [-0.4, -0.2) is 35.3 Å². The molecule has 0 radical (unpaired) electrons. The summed E-state index contributed by atoms with van der Waals surface area (Å²) in [7, 11) is 0. The van der Waals surface area contributed by atoms with Crippen molar-refractivity contribution in [2.75, 3.05) is 6.54 Å². The average Bonchev–Trinajstić information content (AvgIpc) is 2.36. The highest BCUT2D eigenvalue weighted by Gasteiger charge is 2.37. The minimum atomic E-state index is -0.345. The van der Waals surface area contributed by atoms with Gasteiger partial charge in [0, 0.05) is 6.04 Å². The van der Waals surface area contributed by atoms with E-state index in [9.17, 15) is 9.59 Å². The second kappa shape index (κ2) is 7.51. The van der Waals surface area contributed by atoms with Crippen LogP contribution in [0, 0.1) is 5.92 Å². The van der Waals surface area contributed by atoms with Gasteiger partial charge in [-0.15, -0.1) is 0 Å². The van der Waals surface area contributed by atoms with E-state index < -0.39 is 0 Å². The van der Waals surface area contributed by atoms with Crippen molar-refractivity contribution >= 4 is 11.8 Å². The van der Waals surface area contributed by atoms with Gasteiger partial charge in [0.25, 0.3) is 0 Å². The summed E-state index contributed by atoms with van der Waals surface area (Å²) >= 11 is 0. The van der Waals surface area contributed by atoms with E-state index in [0.29, 0.717) is 0 Å². The molecule has 4 heteroatoms. The molecule has 4 nitrogen and oxygen atoms in total. The van der Waals surface area contributed by atoms with E-state index in [1.54, 1.807) is 0 Å². The van der Waals surface area contributed by atoms with Gasteiger partial charge in [0.1, 0.15) is 6.04 Å². The van der Waals surface area contributed by atoms with Crippen LogP contribution >= 0.6 is 0 Å². The topological polar surface area (TPSA) is 49.4 Å². The molecule has 1 aliphatic heterocycles. The van der Waals surface area contributed by atoms with Crippen molar-refractivity contribution in [3.05, 3.63) is 0 Å². The van der Waals surface area contributed by atoms with Crippen LogP contribution in [0.2, 0.25) is 0 Å². The van der Waals surface area contributed by atoms with Crippen molar-refractivity contribution in [3.8, 4) is 0 Å². The number of carbonyl (C=O) groups is 2. The largest absolute Gasteiger partial charge is 0.343 e. The van der Waals surface area contributed by atoms with Gasteiger partial charge in [-0.2, -0.15) is 0 Å². The Morgan fingerprint density at radius 3 is 2.42 bits per heavy atom. The fraction of sp³-hybridized carbons (Fsp3) is 0.867. The number of rotatable bonds is 7. The normalized spacial score (nSPS) is 21.7. The Kier molecular flexibility index (Phi) is 6.32. The summed E-state index contributed by atoms with van der Waals surface area (Å²) < 4.78 is 0. The van der Waals surface area contributed by atoms with Gasteiger partial charge in [-0.1, -0.05) is 47.0 Å². The Labute approximate surface area is 116 Å². The zero-order valence-electron chi connectivity index (χ0n) is 12.7. The number of hydrogen-bond acceptors (Lipinski definition) is 2. The first-order chi connectivity index (χ1) is 9.01. The van der Waals surface area contributed by atoms with Crippen molar-refractivity contribution in [1.82, 2.24) is 10.2 Å². The van der Waals surface area contributed by atoms with Crippen molar-refractivity contribution in [2.24, 2.45) is 5.92 Å². The van der Waals surface area contributed by atoms with Gasteiger partial charge in [-0.05, 0) is 18.8 Å².